The first-order valence-electron chi connectivity index (χ1n) is 6.55. The van der Waals surface area contributed by atoms with Gasteiger partial charge in [0, 0.05) is 25.9 Å². The van der Waals surface area contributed by atoms with Crippen LogP contribution in [0.4, 0.5) is 0 Å². The minimum absolute atomic E-state index is 0.911. The summed E-state index contributed by atoms with van der Waals surface area (Å²) in [5, 5.41) is 2.47. The topological polar surface area (TPSA) is 17.8 Å². The van der Waals surface area contributed by atoms with Gasteiger partial charge in [0.2, 0.25) is 0 Å². The first-order valence-corrected chi connectivity index (χ1v) is 8.13. The fraction of sp³-hybridized carbons (Fsp3) is 0. The predicted molar refractivity (Wildman–Crippen MR) is 94.0 cm³/mol. The summed E-state index contributed by atoms with van der Waals surface area (Å²) in [5.41, 5.74) is 2.31. The summed E-state index contributed by atoms with van der Waals surface area (Å²) in [4.78, 5) is 4.53. The van der Waals surface area contributed by atoms with Gasteiger partial charge >= 0.3 is 0 Å². The van der Waals surface area contributed by atoms with Crippen molar-refractivity contribution in [3.63, 3.8) is 0 Å². The predicted octanol–water partition coefficient (Wildman–Crippen LogP) is 5.70. The second-order valence-corrected chi connectivity index (χ2v) is 6.68. The number of fused-ring (bicyclic) bond motifs is 3. The molecule has 2 nitrogen and oxygen atoms in total. The normalized spacial score (nSPS) is 11.3. The van der Waals surface area contributed by atoms with Crippen LogP contribution in [-0.4, -0.2) is 9.55 Å². The SMILES string of the molecule is Brc1ccnc(-n2c3ccccc3c3ccc(Br)cc32)c1. The molecule has 0 unspecified atom stereocenters. The molecule has 2 heterocycles. The molecule has 0 fully saturated rings. The monoisotopic (exact) mass is 400 g/mol. The van der Waals surface area contributed by atoms with Crippen LogP contribution in [0, 0.1) is 0 Å². The fourth-order valence-corrected chi connectivity index (χ4v) is 3.38. The van der Waals surface area contributed by atoms with Crippen molar-refractivity contribution < 1.29 is 0 Å². The molecule has 0 bridgehead atoms. The molecule has 4 heteroatoms. The van der Waals surface area contributed by atoms with Crippen LogP contribution in [0.2, 0.25) is 0 Å². The van der Waals surface area contributed by atoms with Gasteiger partial charge in [-0.15, -0.1) is 0 Å². The van der Waals surface area contributed by atoms with E-state index in [9.17, 15) is 0 Å². The quantitative estimate of drug-likeness (QED) is 0.399. The van der Waals surface area contributed by atoms with E-state index >= 15 is 0 Å². The summed E-state index contributed by atoms with van der Waals surface area (Å²) in [5.74, 6) is 0.911. The zero-order chi connectivity index (χ0) is 14.4. The molecule has 0 radical (unpaired) electrons. The number of hydrogen-bond acceptors (Lipinski definition) is 1. The second-order valence-electron chi connectivity index (χ2n) is 4.85. The van der Waals surface area contributed by atoms with Crippen LogP contribution >= 0.6 is 31.9 Å². The van der Waals surface area contributed by atoms with Crippen molar-refractivity contribution >= 4 is 53.7 Å². The lowest BCUT2D eigenvalue weighted by molar-refractivity contribution is 1.08. The van der Waals surface area contributed by atoms with Gasteiger partial charge in [-0.2, -0.15) is 0 Å². The largest absolute Gasteiger partial charge is 0.294 e. The molecule has 0 amide bonds. The Hall–Kier alpha value is -1.65. The van der Waals surface area contributed by atoms with Crippen molar-refractivity contribution in [2.24, 2.45) is 0 Å². The molecule has 0 saturated heterocycles. The highest BCUT2D eigenvalue weighted by Crippen LogP contribution is 2.33. The summed E-state index contributed by atoms with van der Waals surface area (Å²) in [6.07, 6.45) is 1.82. The molecule has 102 valence electrons. The third kappa shape index (κ3) is 2.10. The van der Waals surface area contributed by atoms with Crippen molar-refractivity contribution in [1.29, 1.82) is 0 Å². The summed E-state index contributed by atoms with van der Waals surface area (Å²) in [7, 11) is 0. The van der Waals surface area contributed by atoms with Crippen LogP contribution < -0.4 is 0 Å². The third-order valence-corrected chi connectivity index (χ3v) is 4.56. The molecule has 21 heavy (non-hydrogen) atoms. The number of hydrogen-bond donors (Lipinski definition) is 0. The molecule has 0 aliphatic carbocycles. The first-order chi connectivity index (χ1) is 10.2. The molecule has 4 aromatic rings. The minimum Gasteiger partial charge on any atom is -0.294 e. The van der Waals surface area contributed by atoms with Gasteiger partial charge < -0.3 is 0 Å². The van der Waals surface area contributed by atoms with E-state index in [1.165, 1.54) is 10.8 Å². The molecular weight excluding hydrogens is 392 g/mol. The van der Waals surface area contributed by atoms with Crippen LogP contribution in [-0.2, 0) is 0 Å². The molecule has 2 aromatic carbocycles. The fourth-order valence-electron chi connectivity index (χ4n) is 2.71. The van der Waals surface area contributed by atoms with Gasteiger partial charge in [-0.05, 0) is 30.3 Å². The van der Waals surface area contributed by atoms with Crippen molar-refractivity contribution in [2.45, 2.75) is 0 Å². The van der Waals surface area contributed by atoms with E-state index in [2.05, 4.69) is 83.9 Å². The van der Waals surface area contributed by atoms with Crippen molar-refractivity contribution in [1.82, 2.24) is 9.55 Å². The smallest absolute Gasteiger partial charge is 0.138 e. The molecule has 4 rings (SSSR count). The lowest BCUT2D eigenvalue weighted by atomic mass is 10.2. The number of rotatable bonds is 1. The van der Waals surface area contributed by atoms with E-state index in [0.29, 0.717) is 0 Å². The summed E-state index contributed by atoms with van der Waals surface area (Å²) < 4.78 is 4.28. The van der Waals surface area contributed by atoms with E-state index in [4.69, 9.17) is 0 Å². The Morgan fingerprint density at radius 2 is 1.52 bits per heavy atom. The first kappa shape index (κ1) is 13.0. The van der Waals surface area contributed by atoms with Gasteiger partial charge in [0.25, 0.3) is 0 Å². The third-order valence-electron chi connectivity index (χ3n) is 3.57. The van der Waals surface area contributed by atoms with Crippen molar-refractivity contribution in [2.75, 3.05) is 0 Å². The molecular formula is C17H10Br2N2. The molecule has 0 saturated carbocycles. The standard InChI is InChI=1S/C17H10Br2N2/c18-11-5-6-14-13-3-1-2-4-15(13)21(16(14)9-11)17-10-12(19)7-8-20-17/h1-10H. The van der Waals surface area contributed by atoms with Gasteiger partial charge in [0.1, 0.15) is 5.82 Å². The lowest BCUT2D eigenvalue weighted by Crippen LogP contribution is -1.96. The Labute approximate surface area is 138 Å². The Morgan fingerprint density at radius 1 is 0.762 bits per heavy atom. The summed E-state index contributed by atoms with van der Waals surface area (Å²) >= 11 is 7.10. The molecule has 0 spiro atoms. The number of halogens is 2. The maximum atomic E-state index is 4.53. The number of nitrogens with zero attached hydrogens (tertiary/aromatic N) is 2. The van der Waals surface area contributed by atoms with Crippen LogP contribution in [0.3, 0.4) is 0 Å². The zero-order valence-corrected chi connectivity index (χ0v) is 14.1. The zero-order valence-electron chi connectivity index (χ0n) is 10.9. The highest BCUT2D eigenvalue weighted by atomic mass is 79.9. The van der Waals surface area contributed by atoms with Crippen LogP contribution in [0.1, 0.15) is 0 Å². The summed E-state index contributed by atoms with van der Waals surface area (Å²) in [6.45, 7) is 0. The Bertz CT molecular complexity index is 973. The lowest BCUT2D eigenvalue weighted by Gasteiger charge is -2.07. The highest BCUT2D eigenvalue weighted by Gasteiger charge is 2.12. The molecule has 0 aliphatic rings. The average molecular weight is 402 g/mol. The van der Waals surface area contributed by atoms with Crippen LogP contribution in [0.25, 0.3) is 27.6 Å². The Balaban J connectivity index is 2.21. The maximum Gasteiger partial charge on any atom is 0.138 e. The van der Waals surface area contributed by atoms with Crippen LogP contribution in [0.5, 0.6) is 0 Å². The minimum atomic E-state index is 0.911. The van der Waals surface area contributed by atoms with Crippen molar-refractivity contribution in [3.8, 4) is 5.82 Å². The van der Waals surface area contributed by atoms with E-state index in [-0.39, 0.29) is 0 Å². The highest BCUT2D eigenvalue weighted by molar-refractivity contribution is 9.10. The van der Waals surface area contributed by atoms with Gasteiger partial charge in [-0.1, -0.05) is 56.1 Å². The van der Waals surface area contributed by atoms with Gasteiger partial charge in [0.05, 0.1) is 11.0 Å². The molecule has 2 aromatic heterocycles. The Kier molecular flexibility index (Phi) is 3.08. The van der Waals surface area contributed by atoms with Gasteiger partial charge in [0.15, 0.2) is 0 Å². The maximum absolute atomic E-state index is 4.53. The number of benzene rings is 2. The summed E-state index contributed by atoms with van der Waals surface area (Å²) in [6, 6.07) is 18.8. The van der Waals surface area contributed by atoms with E-state index < -0.39 is 0 Å². The number of para-hydroxylation sites is 1. The second kappa shape index (κ2) is 4.97. The molecule has 0 N–H and O–H groups in total. The van der Waals surface area contributed by atoms with Crippen LogP contribution in [0.15, 0.2) is 69.7 Å². The number of pyridine rings is 1. The average Bonchev–Trinajstić information content (AvgIpc) is 2.80. The number of aromatic nitrogens is 2. The molecule has 0 aliphatic heterocycles. The van der Waals surface area contributed by atoms with E-state index in [1.807, 2.05) is 18.3 Å². The van der Waals surface area contributed by atoms with Gasteiger partial charge in [-0.3, -0.25) is 4.57 Å². The van der Waals surface area contributed by atoms with Gasteiger partial charge in [-0.25, -0.2) is 4.98 Å². The Morgan fingerprint density at radius 3 is 2.38 bits per heavy atom. The van der Waals surface area contributed by atoms with E-state index in [0.717, 1.165) is 25.8 Å². The van der Waals surface area contributed by atoms with Crippen molar-refractivity contribution in [3.05, 3.63) is 69.7 Å². The van der Waals surface area contributed by atoms with E-state index in [1.54, 1.807) is 0 Å². The molecule has 0 atom stereocenters.